The molecule has 0 bridgehead atoms. The molecule has 2 aliphatic rings. The molecule has 1 aromatic rings. The van der Waals surface area contributed by atoms with Gasteiger partial charge in [-0.1, -0.05) is 18.2 Å². The number of ether oxygens (including phenoxy) is 1. The lowest BCUT2D eigenvalue weighted by molar-refractivity contribution is -0.143. The number of amides is 2. The molecule has 2 N–H and O–H groups in total. The van der Waals surface area contributed by atoms with E-state index >= 15 is 0 Å². The van der Waals surface area contributed by atoms with E-state index in [1.807, 2.05) is 24.3 Å². The number of rotatable bonds is 3. The Morgan fingerprint density at radius 3 is 3.00 bits per heavy atom. The van der Waals surface area contributed by atoms with E-state index in [0.717, 1.165) is 17.7 Å². The van der Waals surface area contributed by atoms with Crippen LogP contribution in [0.1, 0.15) is 24.3 Å². The van der Waals surface area contributed by atoms with Gasteiger partial charge in [0.1, 0.15) is 5.75 Å². The lowest BCUT2D eigenvalue weighted by Crippen LogP contribution is -2.47. The summed E-state index contributed by atoms with van der Waals surface area (Å²) in [7, 11) is 0. The lowest BCUT2D eigenvalue weighted by Gasteiger charge is -2.31. The van der Waals surface area contributed by atoms with Crippen molar-refractivity contribution >= 4 is 12.0 Å². The quantitative estimate of drug-likeness (QED) is 0.890. The Labute approximate surface area is 129 Å². The average Bonchev–Trinajstić information content (AvgIpc) is 2.96. The number of nitrogens with zero attached hydrogens (tertiary/aromatic N) is 1. The summed E-state index contributed by atoms with van der Waals surface area (Å²) in [6.45, 7) is 1.98. The zero-order valence-corrected chi connectivity index (χ0v) is 12.3. The first kappa shape index (κ1) is 14.7. The van der Waals surface area contributed by atoms with Crippen molar-refractivity contribution < 1.29 is 19.4 Å². The number of carbonyl (C=O) groups is 2. The predicted octanol–water partition coefficient (Wildman–Crippen LogP) is 1.67. The van der Waals surface area contributed by atoms with Crippen LogP contribution >= 0.6 is 0 Å². The van der Waals surface area contributed by atoms with E-state index < -0.39 is 11.9 Å². The van der Waals surface area contributed by atoms with Crippen LogP contribution in [-0.2, 0) is 4.79 Å². The summed E-state index contributed by atoms with van der Waals surface area (Å²) < 4.78 is 5.59. The largest absolute Gasteiger partial charge is 0.493 e. The summed E-state index contributed by atoms with van der Waals surface area (Å²) in [6, 6.07) is 7.65. The molecule has 1 aromatic carbocycles. The monoisotopic (exact) mass is 304 g/mol. The van der Waals surface area contributed by atoms with Gasteiger partial charge in [-0.05, 0) is 18.9 Å². The first-order chi connectivity index (χ1) is 10.6. The SMILES string of the molecule is O=C(O)C1CCCN(C(=O)NCC2COc3ccccc32)C1. The molecule has 118 valence electrons. The number of urea groups is 1. The normalized spacial score (nSPS) is 23.5. The molecule has 1 saturated heterocycles. The molecule has 22 heavy (non-hydrogen) atoms. The fraction of sp³-hybridized carbons (Fsp3) is 0.500. The van der Waals surface area contributed by atoms with Crippen LogP contribution in [0.25, 0.3) is 0 Å². The minimum atomic E-state index is -0.823. The highest BCUT2D eigenvalue weighted by Crippen LogP contribution is 2.32. The summed E-state index contributed by atoms with van der Waals surface area (Å²) in [5, 5.41) is 12.0. The minimum absolute atomic E-state index is 0.153. The number of fused-ring (bicyclic) bond motifs is 1. The van der Waals surface area contributed by atoms with Gasteiger partial charge in [0.2, 0.25) is 0 Å². The van der Waals surface area contributed by atoms with Gasteiger partial charge in [-0.2, -0.15) is 0 Å². The number of benzene rings is 1. The fourth-order valence-corrected chi connectivity index (χ4v) is 3.08. The zero-order chi connectivity index (χ0) is 15.5. The number of para-hydroxylation sites is 1. The van der Waals surface area contributed by atoms with Crippen LogP contribution in [0, 0.1) is 5.92 Å². The van der Waals surface area contributed by atoms with Gasteiger partial charge in [-0.15, -0.1) is 0 Å². The Balaban J connectivity index is 1.54. The van der Waals surface area contributed by atoms with E-state index in [2.05, 4.69) is 5.32 Å². The smallest absolute Gasteiger partial charge is 0.317 e. The highest BCUT2D eigenvalue weighted by atomic mass is 16.5. The molecular formula is C16H20N2O4. The van der Waals surface area contributed by atoms with Crippen molar-refractivity contribution in [2.75, 3.05) is 26.2 Å². The van der Waals surface area contributed by atoms with Crippen molar-refractivity contribution in [1.82, 2.24) is 10.2 Å². The highest BCUT2D eigenvalue weighted by molar-refractivity contribution is 5.76. The Morgan fingerprint density at radius 1 is 1.36 bits per heavy atom. The number of aliphatic carboxylic acids is 1. The van der Waals surface area contributed by atoms with Crippen LogP contribution in [0.5, 0.6) is 5.75 Å². The number of hydrogen-bond acceptors (Lipinski definition) is 3. The topological polar surface area (TPSA) is 78.9 Å². The molecule has 2 atom stereocenters. The average molecular weight is 304 g/mol. The van der Waals surface area contributed by atoms with Gasteiger partial charge in [-0.25, -0.2) is 4.79 Å². The van der Waals surface area contributed by atoms with E-state index in [-0.39, 0.29) is 11.9 Å². The molecule has 2 amide bonds. The molecule has 3 rings (SSSR count). The highest BCUT2D eigenvalue weighted by Gasteiger charge is 2.29. The molecule has 0 spiro atoms. The Bertz CT molecular complexity index is 575. The maximum atomic E-state index is 12.2. The van der Waals surface area contributed by atoms with Gasteiger partial charge < -0.3 is 20.1 Å². The van der Waals surface area contributed by atoms with Crippen LogP contribution in [0.2, 0.25) is 0 Å². The van der Waals surface area contributed by atoms with Crippen molar-refractivity contribution in [2.24, 2.45) is 5.92 Å². The Morgan fingerprint density at radius 2 is 2.18 bits per heavy atom. The Hall–Kier alpha value is -2.24. The first-order valence-corrected chi connectivity index (χ1v) is 7.62. The molecule has 0 aliphatic carbocycles. The van der Waals surface area contributed by atoms with Crippen LogP contribution < -0.4 is 10.1 Å². The number of carbonyl (C=O) groups excluding carboxylic acids is 1. The van der Waals surface area contributed by atoms with E-state index in [0.29, 0.717) is 32.7 Å². The maximum absolute atomic E-state index is 12.2. The number of carboxylic acid groups (broad SMARTS) is 1. The summed E-state index contributed by atoms with van der Waals surface area (Å²) in [4.78, 5) is 24.9. The predicted molar refractivity (Wildman–Crippen MR) is 80.0 cm³/mol. The van der Waals surface area contributed by atoms with Gasteiger partial charge in [0.15, 0.2) is 0 Å². The third-order valence-corrected chi connectivity index (χ3v) is 4.36. The van der Waals surface area contributed by atoms with Gasteiger partial charge >= 0.3 is 12.0 Å². The molecule has 0 aromatic heterocycles. The molecule has 0 radical (unpaired) electrons. The van der Waals surface area contributed by atoms with E-state index in [1.165, 1.54) is 0 Å². The van der Waals surface area contributed by atoms with Crippen LogP contribution in [0.4, 0.5) is 4.79 Å². The second-order valence-corrected chi connectivity index (χ2v) is 5.86. The number of nitrogens with one attached hydrogen (secondary N) is 1. The molecule has 2 unspecified atom stereocenters. The number of piperidine rings is 1. The van der Waals surface area contributed by atoms with Crippen molar-refractivity contribution in [2.45, 2.75) is 18.8 Å². The van der Waals surface area contributed by atoms with Crippen molar-refractivity contribution in [3.05, 3.63) is 29.8 Å². The summed E-state index contributed by atoms with van der Waals surface area (Å²) in [6.07, 6.45) is 1.38. The number of hydrogen-bond donors (Lipinski definition) is 2. The summed E-state index contributed by atoms with van der Waals surface area (Å²) in [5.74, 6) is -0.239. The summed E-state index contributed by atoms with van der Waals surface area (Å²) in [5.41, 5.74) is 1.12. The zero-order valence-electron chi connectivity index (χ0n) is 12.3. The van der Waals surface area contributed by atoms with Crippen LogP contribution in [-0.4, -0.2) is 48.2 Å². The second kappa shape index (κ2) is 6.25. The molecular weight excluding hydrogens is 284 g/mol. The molecule has 2 heterocycles. The molecule has 2 aliphatic heterocycles. The van der Waals surface area contributed by atoms with Crippen molar-refractivity contribution in [3.8, 4) is 5.75 Å². The van der Waals surface area contributed by atoms with Crippen LogP contribution in [0.3, 0.4) is 0 Å². The molecule has 6 heteroatoms. The maximum Gasteiger partial charge on any atom is 0.317 e. The van der Waals surface area contributed by atoms with E-state index in [1.54, 1.807) is 4.90 Å². The van der Waals surface area contributed by atoms with Gasteiger partial charge in [0, 0.05) is 31.1 Å². The molecule has 0 saturated carbocycles. The standard InChI is InChI=1S/C16H20N2O4/c19-15(20)11-4-3-7-18(9-11)16(21)17-8-12-10-22-14-6-2-1-5-13(12)14/h1-2,5-6,11-12H,3-4,7-10H2,(H,17,21)(H,19,20). The van der Waals surface area contributed by atoms with Crippen molar-refractivity contribution in [3.63, 3.8) is 0 Å². The third-order valence-electron chi connectivity index (χ3n) is 4.36. The number of carboxylic acids is 1. The van der Waals surface area contributed by atoms with Gasteiger partial charge in [0.25, 0.3) is 0 Å². The van der Waals surface area contributed by atoms with Crippen LogP contribution in [0.15, 0.2) is 24.3 Å². The second-order valence-electron chi connectivity index (χ2n) is 5.86. The van der Waals surface area contributed by atoms with Gasteiger partial charge in [-0.3, -0.25) is 4.79 Å². The van der Waals surface area contributed by atoms with Crippen molar-refractivity contribution in [1.29, 1.82) is 0 Å². The van der Waals surface area contributed by atoms with E-state index in [9.17, 15) is 9.59 Å². The first-order valence-electron chi connectivity index (χ1n) is 7.62. The fourth-order valence-electron chi connectivity index (χ4n) is 3.08. The molecule has 6 nitrogen and oxygen atoms in total. The molecule has 1 fully saturated rings. The summed E-state index contributed by atoms with van der Waals surface area (Å²) >= 11 is 0. The van der Waals surface area contributed by atoms with Gasteiger partial charge in [0.05, 0.1) is 12.5 Å². The Kier molecular flexibility index (Phi) is 4.18. The van der Waals surface area contributed by atoms with E-state index in [4.69, 9.17) is 9.84 Å². The third kappa shape index (κ3) is 3.00. The lowest BCUT2D eigenvalue weighted by atomic mass is 9.98. The minimum Gasteiger partial charge on any atom is -0.493 e. The number of likely N-dealkylation sites (tertiary alicyclic amines) is 1.